The van der Waals surface area contributed by atoms with E-state index in [0.29, 0.717) is 5.56 Å². The van der Waals surface area contributed by atoms with Crippen molar-refractivity contribution in [3.63, 3.8) is 0 Å². The molecule has 0 aliphatic heterocycles. The van der Waals surface area contributed by atoms with Gasteiger partial charge in [-0.3, -0.25) is 0 Å². The molecule has 0 bridgehead atoms. The number of para-hydroxylation sites is 1. The number of hydrogen-bond acceptors (Lipinski definition) is 3. The fourth-order valence-electron chi connectivity index (χ4n) is 2.46. The first-order valence-electron chi connectivity index (χ1n) is 6.98. The van der Waals surface area contributed by atoms with E-state index in [0.717, 1.165) is 24.4 Å². The molecule has 4 heteroatoms. The normalized spacial score (nSPS) is 10.5. The summed E-state index contributed by atoms with van der Waals surface area (Å²) in [7, 11) is 0. The summed E-state index contributed by atoms with van der Waals surface area (Å²) in [6.45, 7) is 3.76. The zero-order valence-corrected chi connectivity index (χ0v) is 11.9. The van der Waals surface area contributed by atoms with Crippen molar-refractivity contribution in [3.8, 4) is 6.07 Å². The summed E-state index contributed by atoms with van der Waals surface area (Å²) in [4.78, 5) is 9.86. The van der Waals surface area contributed by atoms with Crippen molar-refractivity contribution >= 4 is 16.7 Å². The van der Waals surface area contributed by atoms with E-state index >= 15 is 0 Å². The Bertz CT molecular complexity index is 780. The van der Waals surface area contributed by atoms with E-state index in [1.807, 2.05) is 12.1 Å². The van der Waals surface area contributed by atoms with Crippen molar-refractivity contribution in [1.29, 1.82) is 5.26 Å². The number of aromatic amines is 1. The topological polar surface area (TPSA) is 55.7 Å². The lowest BCUT2D eigenvalue weighted by atomic mass is 10.1. The van der Waals surface area contributed by atoms with Crippen LogP contribution < -0.4 is 4.90 Å². The standard InChI is InChI=1S/C17H16N4/c1-2-21(17-8-7-13(9-18)10-20-17)12-14-11-19-16-6-4-3-5-15(14)16/h3-8,10-11,19H,2,12H2,1H3. The van der Waals surface area contributed by atoms with Crippen molar-refractivity contribution in [2.24, 2.45) is 0 Å². The fourth-order valence-corrected chi connectivity index (χ4v) is 2.46. The minimum absolute atomic E-state index is 0.585. The van der Waals surface area contributed by atoms with Crippen LogP contribution in [0.4, 0.5) is 5.82 Å². The molecule has 0 unspecified atom stereocenters. The molecule has 21 heavy (non-hydrogen) atoms. The Labute approximate surface area is 123 Å². The summed E-state index contributed by atoms with van der Waals surface area (Å²) >= 11 is 0. The minimum atomic E-state index is 0.585. The zero-order chi connectivity index (χ0) is 14.7. The van der Waals surface area contributed by atoms with Gasteiger partial charge in [0.05, 0.1) is 5.56 Å². The predicted molar refractivity (Wildman–Crippen MR) is 84.0 cm³/mol. The number of nitrogens with zero attached hydrogens (tertiary/aromatic N) is 3. The Morgan fingerprint density at radius 2 is 2.10 bits per heavy atom. The summed E-state index contributed by atoms with van der Waals surface area (Å²) in [5, 5.41) is 10.1. The van der Waals surface area contributed by atoms with E-state index in [2.05, 4.69) is 52.3 Å². The molecule has 0 saturated carbocycles. The van der Waals surface area contributed by atoms with E-state index in [-0.39, 0.29) is 0 Å². The number of nitriles is 1. The van der Waals surface area contributed by atoms with Crippen LogP contribution in [0.2, 0.25) is 0 Å². The van der Waals surface area contributed by atoms with E-state index in [9.17, 15) is 0 Å². The summed E-state index contributed by atoms with van der Waals surface area (Å²) in [6.07, 6.45) is 3.67. The lowest BCUT2D eigenvalue weighted by Crippen LogP contribution is -2.22. The van der Waals surface area contributed by atoms with Gasteiger partial charge in [-0.1, -0.05) is 18.2 Å². The second kappa shape index (κ2) is 5.68. The molecule has 0 saturated heterocycles. The van der Waals surface area contributed by atoms with Gasteiger partial charge < -0.3 is 9.88 Å². The lowest BCUT2D eigenvalue weighted by molar-refractivity contribution is 0.817. The van der Waals surface area contributed by atoms with E-state index in [1.54, 1.807) is 12.3 Å². The highest BCUT2D eigenvalue weighted by molar-refractivity contribution is 5.83. The molecule has 3 aromatic rings. The smallest absolute Gasteiger partial charge is 0.128 e. The number of benzene rings is 1. The predicted octanol–water partition coefficient (Wildman–Crippen LogP) is 3.46. The van der Waals surface area contributed by atoms with Crippen LogP contribution in [0.1, 0.15) is 18.1 Å². The summed E-state index contributed by atoms with van der Waals surface area (Å²) in [5.41, 5.74) is 2.98. The third kappa shape index (κ3) is 2.59. The monoisotopic (exact) mass is 276 g/mol. The second-order valence-electron chi connectivity index (χ2n) is 4.89. The first-order valence-corrected chi connectivity index (χ1v) is 6.98. The minimum Gasteiger partial charge on any atom is -0.361 e. The highest BCUT2D eigenvalue weighted by atomic mass is 15.2. The van der Waals surface area contributed by atoms with Crippen molar-refractivity contribution in [3.05, 3.63) is 59.9 Å². The van der Waals surface area contributed by atoms with Crippen LogP contribution in [0.5, 0.6) is 0 Å². The molecule has 0 spiro atoms. The number of pyridine rings is 1. The Hall–Kier alpha value is -2.80. The summed E-state index contributed by atoms with van der Waals surface area (Å²) < 4.78 is 0. The van der Waals surface area contributed by atoms with Crippen LogP contribution in [0.15, 0.2) is 48.8 Å². The molecule has 3 rings (SSSR count). The van der Waals surface area contributed by atoms with Crippen LogP contribution in [-0.4, -0.2) is 16.5 Å². The second-order valence-corrected chi connectivity index (χ2v) is 4.89. The molecule has 104 valence electrons. The van der Waals surface area contributed by atoms with Crippen molar-refractivity contribution in [2.75, 3.05) is 11.4 Å². The Morgan fingerprint density at radius 3 is 2.81 bits per heavy atom. The maximum atomic E-state index is 8.84. The van der Waals surface area contributed by atoms with E-state index in [1.165, 1.54) is 10.9 Å². The lowest BCUT2D eigenvalue weighted by Gasteiger charge is -2.21. The molecule has 0 amide bonds. The number of hydrogen-bond donors (Lipinski definition) is 1. The molecule has 0 aliphatic carbocycles. The largest absolute Gasteiger partial charge is 0.361 e. The Morgan fingerprint density at radius 1 is 1.24 bits per heavy atom. The Balaban J connectivity index is 1.88. The quantitative estimate of drug-likeness (QED) is 0.794. The zero-order valence-electron chi connectivity index (χ0n) is 11.9. The summed E-state index contributed by atoms with van der Waals surface area (Å²) in [5.74, 6) is 0.891. The maximum absolute atomic E-state index is 8.84. The molecule has 0 aliphatic rings. The van der Waals surface area contributed by atoms with Crippen molar-refractivity contribution in [2.45, 2.75) is 13.5 Å². The van der Waals surface area contributed by atoms with Gasteiger partial charge in [0.25, 0.3) is 0 Å². The van der Waals surface area contributed by atoms with Gasteiger partial charge in [0, 0.05) is 36.4 Å². The third-order valence-corrected chi connectivity index (χ3v) is 3.62. The molecule has 2 heterocycles. The number of nitrogens with one attached hydrogen (secondary N) is 1. The molecular formula is C17H16N4. The van der Waals surface area contributed by atoms with Gasteiger partial charge in [0.1, 0.15) is 11.9 Å². The SMILES string of the molecule is CCN(Cc1c[nH]c2ccccc12)c1ccc(C#N)cn1. The van der Waals surface area contributed by atoms with Crippen molar-refractivity contribution < 1.29 is 0 Å². The number of rotatable bonds is 4. The molecule has 1 N–H and O–H groups in total. The van der Waals surface area contributed by atoms with Crippen LogP contribution >= 0.6 is 0 Å². The molecule has 2 aromatic heterocycles. The number of aromatic nitrogens is 2. The van der Waals surface area contributed by atoms with Crippen LogP contribution in [-0.2, 0) is 6.54 Å². The average Bonchev–Trinajstić information content (AvgIpc) is 2.96. The molecular weight excluding hydrogens is 260 g/mol. The van der Waals surface area contributed by atoms with Crippen LogP contribution in [0, 0.1) is 11.3 Å². The number of anilines is 1. The number of fused-ring (bicyclic) bond motifs is 1. The van der Waals surface area contributed by atoms with Gasteiger partial charge in [-0.2, -0.15) is 5.26 Å². The Kier molecular flexibility index (Phi) is 3.57. The fraction of sp³-hybridized carbons (Fsp3) is 0.176. The highest BCUT2D eigenvalue weighted by Gasteiger charge is 2.10. The molecule has 1 aromatic carbocycles. The molecule has 0 atom stereocenters. The van der Waals surface area contributed by atoms with E-state index < -0.39 is 0 Å². The molecule has 0 radical (unpaired) electrons. The van der Waals surface area contributed by atoms with Gasteiger partial charge in [-0.25, -0.2) is 4.98 Å². The van der Waals surface area contributed by atoms with Gasteiger partial charge in [0.2, 0.25) is 0 Å². The van der Waals surface area contributed by atoms with Crippen LogP contribution in [0.3, 0.4) is 0 Å². The van der Waals surface area contributed by atoms with Crippen molar-refractivity contribution in [1.82, 2.24) is 9.97 Å². The first-order chi connectivity index (χ1) is 10.3. The highest BCUT2D eigenvalue weighted by Crippen LogP contribution is 2.21. The molecule has 4 nitrogen and oxygen atoms in total. The summed E-state index contributed by atoms with van der Waals surface area (Å²) in [6, 6.07) is 14.1. The van der Waals surface area contributed by atoms with E-state index in [4.69, 9.17) is 5.26 Å². The molecule has 0 fully saturated rings. The third-order valence-electron chi connectivity index (χ3n) is 3.62. The van der Waals surface area contributed by atoms with Gasteiger partial charge in [-0.05, 0) is 30.7 Å². The number of H-pyrrole nitrogens is 1. The van der Waals surface area contributed by atoms with Crippen LogP contribution in [0.25, 0.3) is 10.9 Å². The first kappa shape index (κ1) is 13.2. The van der Waals surface area contributed by atoms with Gasteiger partial charge >= 0.3 is 0 Å². The average molecular weight is 276 g/mol. The van der Waals surface area contributed by atoms with Gasteiger partial charge in [-0.15, -0.1) is 0 Å². The maximum Gasteiger partial charge on any atom is 0.128 e. The van der Waals surface area contributed by atoms with Gasteiger partial charge in [0.15, 0.2) is 0 Å².